The van der Waals surface area contributed by atoms with Gasteiger partial charge in [-0.3, -0.25) is 0 Å². The summed E-state index contributed by atoms with van der Waals surface area (Å²) in [5.74, 6) is -6.23. The van der Waals surface area contributed by atoms with Crippen molar-refractivity contribution in [3.8, 4) is 11.5 Å². The first-order valence-electron chi connectivity index (χ1n) is 5.70. The largest absolute Gasteiger partial charge is 0.475 e. The predicted molar refractivity (Wildman–Crippen MR) is 62.9 cm³/mol. The number of carboxylic acid groups (broad SMARTS) is 1. The highest BCUT2D eigenvalue weighted by Crippen LogP contribution is 2.30. The number of benzene rings is 1. The molecule has 1 aromatic carbocycles. The number of hydrogen-bond donors (Lipinski definition) is 1. The molecule has 1 aromatic heterocycles. The predicted octanol–water partition coefficient (Wildman–Crippen LogP) is 3.58. The Morgan fingerprint density at radius 3 is 2.20 bits per heavy atom. The number of halogens is 3. The molecule has 1 heterocycles. The summed E-state index contributed by atoms with van der Waals surface area (Å²) >= 11 is 0. The molecule has 0 saturated heterocycles. The molecule has 4 nitrogen and oxygen atoms in total. The van der Waals surface area contributed by atoms with E-state index >= 15 is 0 Å². The maximum atomic E-state index is 13.6. The van der Waals surface area contributed by atoms with Crippen LogP contribution in [0.2, 0.25) is 0 Å². The summed E-state index contributed by atoms with van der Waals surface area (Å²) in [5, 5.41) is 8.98. The van der Waals surface area contributed by atoms with E-state index in [9.17, 15) is 18.0 Å². The van der Waals surface area contributed by atoms with Crippen molar-refractivity contribution in [2.45, 2.75) is 19.8 Å². The SMILES string of the molecule is CC(C)c1nc(-c2c(F)cc(F)cc2F)oc1C(=O)O. The van der Waals surface area contributed by atoms with Crippen molar-refractivity contribution < 1.29 is 27.5 Å². The molecule has 0 spiro atoms. The summed E-state index contributed by atoms with van der Waals surface area (Å²) in [5.41, 5.74) is -0.628. The Hall–Kier alpha value is -2.31. The van der Waals surface area contributed by atoms with E-state index in [1.807, 2.05) is 0 Å². The molecule has 7 heteroatoms. The minimum Gasteiger partial charge on any atom is -0.475 e. The molecular weight excluding hydrogens is 275 g/mol. The van der Waals surface area contributed by atoms with Gasteiger partial charge in [-0.05, 0) is 5.92 Å². The van der Waals surface area contributed by atoms with Gasteiger partial charge < -0.3 is 9.52 Å². The van der Waals surface area contributed by atoms with Crippen LogP contribution in [-0.4, -0.2) is 16.1 Å². The van der Waals surface area contributed by atoms with E-state index in [0.717, 1.165) is 0 Å². The molecule has 0 fully saturated rings. The van der Waals surface area contributed by atoms with Crippen LogP contribution >= 0.6 is 0 Å². The first-order valence-corrected chi connectivity index (χ1v) is 5.70. The summed E-state index contributed by atoms with van der Waals surface area (Å²) in [4.78, 5) is 14.8. The fraction of sp³-hybridized carbons (Fsp3) is 0.231. The summed E-state index contributed by atoms with van der Waals surface area (Å²) in [6.07, 6.45) is 0. The zero-order valence-electron chi connectivity index (χ0n) is 10.6. The Morgan fingerprint density at radius 2 is 1.80 bits per heavy atom. The zero-order chi connectivity index (χ0) is 15.0. The highest BCUT2D eigenvalue weighted by atomic mass is 19.1. The maximum absolute atomic E-state index is 13.6. The van der Waals surface area contributed by atoms with Crippen molar-refractivity contribution in [2.24, 2.45) is 0 Å². The van der Waals surface area contributed by atoms with E-state index in [1.54, 1.807) is 13.8 Å². The Balaban J connectivity index is 2.66. The van der Waals surface area contributed by atoms with Crippen molar-refractivity contribution in [3.05, 3.63) is 41.0 Å². The van der Waals surface area contributed by atoms with E-state index in [2.05, 4.69) is 4.98 Å². The van der Waals surface area contributed by atoms with Crippen molar-refractivity contribution in [1.29, 1.82) is 0 Å². The van der Waals surface area contributed by atoms with Gasteiger partial charge in [0.1, 0.15) is 23.0 Å². The molecule has 0 aliphatic rings. The molecule has 0 amide bonds. The molecule has 2 rings (SSSR count). The van der Waals surface area contributed by atoms with Gasteiger partial charge in [0.25, 0.3) is 0 Å². The summed E-state index contributed by atoms with van der Waals surface area (Å²) in [6.45, 7) is 3.32. The van der Waals surface area contributed by atoms with Gasteiger partial charge in [0.05, 0.1) is 5.69 Å². The molecule has 0 unspecified atom stereocenters. The second-order valence-corrected chi connectivity index (χ2v) is 4.44. The Bertz CT molecular complexity index is 656. The quantitative estimate of drug-likeness (QED) is 0.936. The third kappa shape index (κ3) is 2.38. The van der Waals surface area contributed by atoms with Crippen LogP contribution in [-0.2, 0) is 0 Å². The summed E-state index contributed by atoms with van der Waals surface area (Å²) < 4.78 is 45.0. The molecule has 0 saturated carbocycles. The molecule has 0 atom stereocenters. The number of hydrogen-bond acceptors (Lipinski definition) is 3. The second kappa shape index (κ2) is 4.99. The highest BCUT2D eigenvalue weighted by molar-refractivity contribution is 5.86. The van der Waals surface area contributed by atoms with Gasteiger partial charge >= 0.3 is 5.97 Å². The smallest absolute Gasteiger partial charge is 0.373 e. The monoisotopic (exact) mass is 285 g/mol. The summed E-state index contributed by atoms with van der Waals surface area (Å²) in [7, 11) is 0. The number of aromatic nitrogens is 1. The first-order chi connectivity index (χ1) is 9.31. The summed E-state index contributed by atoms with van der Waals surface area (Å²) in [6, 6.07) is 0.941. The van der Waals surface area contributed by atoms with Crippen molar-refractivity contribution in [1.82, 2.24) is 4.98 Å². The third-order valence-electron chi connectivity index (χ3n) is 2.62. The lowest BCUT2D eigenvalue weighted by atomic mass is 10.1. The third-order valence-corrected chi connectivity index (χ3v) is 2.62. The lowest BCUT2D eigenvalue weighted by Gasteiger charge is -2.00. The van der Waals surface area contributed by atoms with Gasteiger partial charge in [-0.2, -0.15) is 0 Å². The fourth-order valence-electron chi connectivity index (χ4n) is 1.73. The van der Waals surface area contributed by atoms with Crippen LogP contribution in [0.5, 0.6) is 0 Å². The highest BCUT2D eigenvalue weighted by Gasteiger charge is 2.26. The fourth-order valence-corrected chi connectivity index (χ4v) is 1.73. The van der Waals surface area contributed by atoms with E-state index in [0.29, 0.717) is 12.1 Å². The molecule has 0 aliphatic carbocycles. The average molecular weight is 285 g/mol. The number of nitrogens with zero attached hydrogens (tertiary/aromatic N) is 1. The lowest BCUT2D eigenvalue weighted by molar-refractivity contribution is 0.0661. The minimum atomic E-state index is -1.39. The molecule has 20 heavy (non-hydrogen) atoms. The van der Waals surface area contributed by atoms with Crippen molar-refractivity contribution in [3.63, 3.8) is 0 Å². The van der Waals surface area contributed by atoms with Crippen LogP contribution in [0.25, 0.3) is 11.5 Å². The van der Waals surface area contributed by atoms with Gasteiger partial charge in [0.15, 0.2) is 0 Å². The van der Waals surface area contributed by atoms with Crippen molar-refractivity contribution in [2.75, 3.05) is 0 Å². The zero-order valence-corrected chi connectivity index (χ0v) is 10.6. The van der Waals surface area contributed by atoms with Crippen LogP contribution in [0.3, 0.4) is 0 Å². The van der Waals surface area contributed by atoms with Crippen LogP contribution < -0.4 is 0 Å². The number of carbonyl (C=O) groups is 1. The normalized spacial score (nSPS) is 11.1. The van der Waals surface area contributed by atoms with Gasteiger partial charge in [0, 0.05) is 12.1 Å². The molecule has 2 aromatic rings. The first kappa shape index (κ1) is 14.1. The molecule has 106 valence electrons. The van der Waals surface area contributed by atoms with Crippen LogP contribution in [0, 0.1) is 17.5 Å². The number of carboxylic acids is 1. The van der Waals surface area contributed by atoms with E-state index in [-0.39, 0.29) is 11.6 Å². The van der Waals surface area contributed by atoms with Gasteiger partial charge in [0.2, 0.25) is 11.7 Å². The van der Waals surface area contributed by atoms with Crippen LogP contribution in [0.4, 0.5) is 13.2 Å². The second-order valence-electron chi connectivity index (χ2n) is 4.44. The van der Waals surface area contributed by atoms with Crippen LogP contribution in [0.15, 0.2) is 16.5 Å². The Labute approximate surface area is 111 Å². The van der Waals surface area contributed by atoms with E-state index in [1.165, 1.54) is 0 Å². The minimum absolute atomic E-state index is 0.0654. The molecule has 0 radical (unpaired) electrons. The average Bonchev–Trinajstić information content (AvgIpc) is 2.72. The van der Waals surface area contributed by atoms with Gasteiger partial charge in [-0.1, -0.05) is 13.8 Å². The number of rotatable bonds is 3. The topological polar surface area (TPSA) is 63.3 Å². The number of aromatic carboxylic acids is 1. The van der Waals surface area contributed by atoms with E-state index in [4.69, 9.17) is 9.52 Å². The van der Waals surface area contributed by atoms with Crippen molar-refractivity contribution >= 4 is 5.97 Å². The number of oxazole rings is 1. The lowest BCUT2D eigenvalue weighted by Crippen LogP contribution is -2.01. The molecule has 0 bridgehead atoms. The Kier molecular flexibility index (Phi) is 3.52. The molecule has 0 aliphatic heterocycles. The standard InChI is InChI=1S/C13H10F3NO3/c1-5(2)10-11(13(18)19)20-12(17-10)9-7(15)3-6(14)4-8(9)16/h3-5H,1-2H3,(H,18,19). The van der Waals surface area contributed by atoms with E-state index < -0.39 is 40.6 Å². The molecule has 1 N–H and O–H groups in total. The van der Waals surface area contributed by atoms with Gasteiger partial charge in [-0.15, -0.1) is 0 Å². The Morgan fingerprint density at radius 1 is 1.25 bits per heavy atom. The van der Waals surface area contributed by atoms with Gasteiger partial charge in [-0.25, -0.2) is 22.9 Å². The maximum Gasteiger partial charge on any atom is 0.373 e. The van der Waals surface area contributed by atoms with Crippen LogP contribution in [0.1, 0.15) is 36.0 Å². The molecular formula is C13H10F3NO3.